The summed E-state index contributed by atoms with van der Waals surface area (Å²) < 4.78 is 2.77. The normalized spacial score (nSPS) is 13.2. The van der Waals surface area contributed by atoms with Gasteiger partial charge in [0, 0.05) is 16.6 Å². The first-order valence-electron chi connectivity index (χ1n) is 8.09. The molecule has 0 aliphatic rings. The zero-order valence-corrected chi connectivity index (χ0v) is 17.4. The zero-order chi connectivity index (χ0) is 17.9. The molecule has 5 nitrogen and oxygen atoms in total. The number of hydrogen-bond donors (Lipinski definition) is 2. The number of rotatable bonds is 6. The largest absolute Gasteiger partial charge is 0.345 e. The van der Waals surface area contributed by atoms with Crippen molar-refractivity contribution < 1.29 is 4.79 Å². The second kappa shape index (κ2) is 8.83. The highest BCUT2D eigenvalue weighted by Crippen LogP contribution is 2.19. The minimum Gasteiger partial charge on any atom is -0.345 e. The lowest BCUT2D eigenvalue weighted by Gasteiger charge is -2.31. The van der Waals surface area contributed by atoms with Crippen LogP contribution in [0.1, 0.15) is 43.2 Å². The molecule has 0 bridgehead atoms. The highest BCUT2D eigenvalue weighted by atomic mass is 79.9. The van der Waals surface area contributed by atoms with Crippen LogP contribution in [0.2, 0.25) is 0 Å². The second-order valence-electron chi connectivity index (χ2n) is 6.85. The van der Waals surface area contributed by atoms with Crippen LogP contribution < -0.4 is 11.1 Å². The molecule has 0 aliphatic carbocycles. The SMILES string of the molecule is Cc1c(C(=O)NC(C)(CN)CC(C)C)cnn1-c1ccc(Br)cc1.Cl. The highest BCUT2D eigenvalue weighted by Gasteiger charge is 2.27. The molecule has 2 aromatic rings. The Hall–Kier alpha value is -1.37. The molecule has 1 aromatic carbocycles. The van der Waals surface area contributed by atoms with Crippen molar-refractivity contribution in [2.24, 2.45) is 11.7 Å². The molecular weight excluding hydrogens is 404 g/mol. The number of nitrogens with two attached hydrogens (primary N) is 1. The lowest BCUT2D eigenvalue weighted by Crippen LogP contribution is -2.52. The third-order valence-corrected chi connectivity index (χ3v) is 4.58. The van der Waals surface area contributed by atoms with Gasteiger partial charge in [0.15, 0.2) is 0 Å². The molecule has 0 fully saturated rings. The number of hydrogen-bond acceptors (Lipinski definition) is 3. The third kappa shape index (κ3) is 5.30. The van der Waals surface area contributed by atoms with Crippen LogP contribution in [0.5, 0.6) is 0 Å². The number of aromatic nitrogens is 2. The molecule has 1 amide bonds. The van der Waals surface area contributed by atoms with Gasteiger partial charge in [0.2, 0.25) is 0 Å². The van der Waals surface area contributed by atoms with Crippen LogP contribution >= 0.6 is 28.3 Å². The summed E-state index contributed by atoms with van der Waals surface area (Å²) in [5.74, 6) is 0.315. The molecule has 1 aromatic heterocycles. The van der Waals surface area contributed by atoms with Crippen LogP contribution in [0.4, 0.5) is 0 Å². The van der Waals surface area contributed by atoms with Gasteiger partial charge in [-0.15, -0.1) is 12.4 Å². The molecule has 0 saturated carbocycles. The molecule has 25 heavy (non-hydrogen) atoms. The van der Waals surface area contributed by atoms with Crippen LogP contribution in [0.15, 0.2) is 34.9 Å². The molecule has 0 aliphatic heterocycles. The first kappa shape index (κ1) is 21.7. The minimum atomic E-state index is -0.419. The molecule has 7 heteroatoms. The van der Waals surface area contributed by atoms with Crippen LogP contribution in [0, 0.1) is 12.8 Å². The summed E-state index contributed by atoms with van der Waals surface area (Å²) in [6.45, 7) is 8.52. The van der Waals surface area contributed by atoms with Crippen molar-refractivity contribution in [3.63, 3.8) is 0 Å². The molecule has 2 rings (SSSR count). The predicted molar refractivity (Wildman–Crippen MR) is 108 cm³/mol. The predicted octanol–water partition coefficient (Wildman–Crippen LogP) is 3.86. The molecule has 1 atom stereocenters. The van der Waals surface area contributed by atoms with Crippen molar-refractivity contribution in [3.05, 3.63) is 46.2 Å². The van der Waals surface area contributed by atoms with E-state index < -0.39 is 5.54 Å². The Kier molecular flexibility index (Phi) is 7.65. The standard InChI is InChI=1S/C18H25BrN4O.ClH/c1-12(2)9-18(4,11-20)22-17(24)16-10-21-23(13(16)3)15-7-5-14(19)6-8-15;/h5-8,10,12H,9,11,20H2,1-4H3,(H,22,24);1H. The van der Waals surface area contributed by atoms with Crippen molar-refractivity contribution in [2.75, 3.05) is 6.54 Å². The fraction of sp³-hybridized carbons (Fsp3) is 0.444. The molecule has 138 valence electrons. The van der Waals surface area contributed by atoms with Crippen molar-refractivity contribution >= 4 is 34.2 Å². The van der Waals surface area contributed by atoms with Crippen molar-refractivity contribution in [2.45, 2.75) is 39.7 Å². The van der Waals surface area contributed by atoms with Crippen molar-refractivity contribution in [3.8, 4) is 5.69 Å². The van der Waals surface area contributed by atoms with E-state index in [-0.39, 0.29) is 18.3 Å². The summed E-state index contributed by atoms with van der Waals surface area (Å²) in [4.78, 5) is 12.7. The van der Waals surface area contributed by atoms with Crippen LogP contribution in [0.3, 0.4) is 0 Å². The topological polar surface area (TPSA) is 72.9 Å². The maximum Gasteiger partial charge on any atom is 0.255 e. The Morgan fingerprint density at radius 3 is 2.48 bits per heavy atom. The van der Waals surface area contributed by atoms with E-state index in [4.69, 9.17) is 5.73 Å². The van der Waals surface area contributed by atoms with Gasteiger partial charge in [-0.3, -0.25) is 4.79 Å². The lowest BCUT2D eigenvalue weighted by molar-refractivity contribution is 0.0897. The summed E-state index contributed by atoms with van der Waals surface area (Å²) in [7, 11) is 0. The van der Waals surface area contributed by atoms with Gasteiger partial charge in [-0.1, -0.05) is 29.8 Å². The average Bonchev–Trinajstić information content (AvgIpc) is 2.89. The van der Waals surface area contributed by atoms with E-state index in [2.05, 4.69) is 40.2 Å². The summed E-state index contributed by atoms with van der Waals surface area (Å²) in [5.41, 5.74) is 7.76. The number of amides is 1. The first-order chi connectivity index (χ1) is 11.3. The number of benzene rings is 1. The smallest absolute Gasteiger partial charge is 0.255 e. The molecule has 0 spiro atoms. The number of carbonyl (C=O) groups excluding carboxylic acids is 1. The number of carbonyl (C=O) groups is 1. The Balaban J connectivity index is 0.00000312. The van der Waals surface area contributed by atoms with Gasteiger partial charge in [0.05, 0.1) is 23.1 Å². The third-order valence-electron chi connectivity index (χ3n) is 4.05. The minimum absolute atomic E-state index is 0. The van der Waals surface area contributed by atoms with Gasteiger partial charge < -0.3 is 11.1 Å². The van der Waals surface area contributed by atoms with Gasteiger partial charge in [0.1, 0.15) is 0 Å². The van der Waals surface area contributed by atoms with E-state index in [1.807, 2.05) is 38.1 Å². The van der Waals surface area contributed by atoms with Crippen LogP contribution in [-0.4, -0.2) is 27.8 Å². The van der Waals surface area contributed by atoms with Gasteiger partial charge >= 0.3 is 0 Å². The van der Waals surface area contributed by atoms with Gasteiger partial charge in [-0.2, -0.15) is 5.10 Å². The second-order valence-corrected chi connectivity index (χ2v) is 7.76. The van der Waals surface area contributed by atoms with E-state index in [1.165, 1.54) is 0 Å². The van der Waals surface area contributed by atoms with E-state index >= 15 is 0 Å². The highest BCUT2D eigenvalue weighted by molar-refractivity contribution is 9.10. The molecule has 0 saturated heterocycles. The summed E-state index contributed by atoms with van der Waals surface area (Å²) in [5, 5.41) is 7.44. The van der Waals surface area contributed by atoms with Crippen LogP contribution in [-0.2, 0) is 0 Å². The van der Waals surface area contributed by atoms with E-state index in [0.717, 1.165) is 22.3 Å². The maximum atomic E-state index is 12.7. The zero-order valence-electron chi connectivity index (χ0n) is 15.0. The Morgan fingerprint density at radius 2 is 1.96 bits per heavy atom. The fourth-order valence-corrected chi connectivity index (χ4v) is 3.17. The number of nitrogens with zero attached hydrogens (tertiary/aromatic N) is 2. The molecule has 1 unspecified atom stereocenters. The van der Waals surface area contributed by atoms with E-state index in [1.54, 1.807) is 10.9 Å². The Morgan fingerprint density at radius 1 is 1.36 bits per heavy atom. The Bertz CT molecular complexity index is 714. The maximum absolute atomic E-state index is 12.7. The van der Waals surface area contributed by atoms with E-state index in [0.29, 0.717) is 18.0 Å². The fourth-order valence-electron chi connectivity index (χ4n) is 2.90. The lowest BCUT2D eigenvalue weighted by atomic mass is 9.90. The van der Waals surface area contributed by atoms with Crippen molar-refractivity contribution in [1.29, 1.82) is 0 Å². The van der Waals surface area contributed by atoms with Crippen molar-refractivity contribution in [1.82, 2.24) is 15.1 Å². The van der Waals surface area contributed by atoms with Gasteiger partial charge in [-0.25, -0.2) is 4.68 Å². The number of nitrogens with one attached hydrogen (secondary N) is 1. The van der Waals surface area contributed by atoms with Gasteiger partial charge in [-0.05, 0) is 50.5 Å². The first-order valence-corrected chi connectivity index (χ1v) is 8.88. The molecule has 3 N–H and O–H groups in total. The molecule has 0 radical (unpaired) electrons. The number of halogens is 2. The average molecular weight is 430 g/mol. The summed E-state index contributed by atoms with van der Waals surface area (Å²) in [6.07, 6.45) is 2.44. The van der Waals surface area contributed by atoms with E-state index in [9.17, 15) is 4.79 Å². The molecule has 1 heterocycles. The molecular formula is C18H26BrClN4O. The monoisotopic (exact) mass is 428 g/mol. The van der Waals surface area contributed by atoms with Crippen LogP contribution in [0.25, 0.3) is 5.69 Å². The Labute approximate surface area is 163 Å². The summed E-state index contributed by atoms with van der Waals surface area (Å²) >= 11 is 3.42. The van der Waals surface area contributed by atoms with Gasteiger partial charge in [0.25, 0.3) is 5.91 Å². The quantitative estimate of drug-likeness (QED) is 0.732. The summed E-state index contributed by atoms with van der Waals surface area (Å²) in [6, 6.07) is 7.80.